The van der Waals surface area contributed by atoms with Gasteiger partial charge >= 0.3 is 35.5 Å². The van der Waals surface area contributed by atoms with E-state index in [1.165, 1.54) is 0 Å². The fourth-order valence-corrected chi connectivity index (χ4v) is 9.07. The van der Waals surface area contributed by atoms with Crippen LogP contribution in [0.1, 0.15) is 114 Å². The molecule has 0 unspecified atom stereocenters. The number of ether oxygens (including phenoxy) is 4. The van der Waals surface area contributed by atoms with Crippen molar-refractivity contribution in [3.63, 3.8) is 0 Å². The fourth-order valence-electron chi connectivity index (χ4n) is 9.07. The molecule has 0 spiro atoms. The van der Waals surface area contributed by atoms with E-state index < -0.39 is 70.4 Å². The van der Waals surface area contributed by atoms with Crippen molar-refractivity contribution in [2.75, 3.05) is 0 Å². The number of rotatable bonds is 13. The second-order valence-electron chi connectivity index (χ2n) is 15.5. The molecular weight excluding hydrogens is 639 g/mol. The topological polar surface area (TPSA) is 152 Å². The Bertz CT molecular complexity index is 1270. The van der Waals surface area contributed by atoms with E-state index in [9.17, 15) is 29.7 Å². The summed E-state index contributed by atoms with van der Waals surface area (Å²) in [6.07, 6.45) is 1.75. The first kappa shape index (κ1) is 42.3. The van der Waals surface area contributed by atoms with E-state index in [1.807, 2.05) is 41.5 Å². The van der Waals surface area contributed by atoms with E-state index in [0.29, 0.717) is 32.1 Å². The predicted molar refractivity (Wildman–Crippen MR) is 177 cm³/mol. The number of aliphatic hydroxyl groups is 2. The van der Waals surface area contributed by atoms with Gasteiger partial charge < -0.3 is 34.3 Å². The second-order valence-corrected chi connectivity index (χ2v) is 15.5. The molecule has 0 radical (unpaired) electrons. The first-order chi connectivity index (χ1) is 22.4. The molecule has 3 fully saturated rings. The van der Waals surface area contributed by atoms with Crippen LogP contribution in [0.4, 0.5) is 0 Å². The number of aliphatic hydroxyl groups excluding tert-OH is 1. The molecule has 2 N–H and O–H groups in total. The standard InChI is InChI=1S/C38H60O10.Na/c1-11-26(35-21(6)18-38(13-3,48-35)29-14-15-37(44,12-2)25(10)46-29)32(41)22(7)31(40)23(8)34-20(5)16-19(4)28(47-34)17-27(39)30-33(42)24(9)45-36(30)43;/h19-23,25-26,28-29,31,34-35,40,42,44H,9,11-18H2,1-8,10H3;/q;+1/p-1/t19-,20-,21+,22-,23-,25+,26+,28-,29-,31+,34+,35+,37-,38+;/m1./s1. The van der Waals surface area contributed by atoms with Crippen molar-refractivity contribution < 1.29 is 78.2 Å². The quantitative estimate of drug-likeness (QED) is 0.165. The van der Waals surface area contributed by atoms with Crippen molar-refractivity contribution in [3.8, 4) is 0 Å². The molecule has 10 nitrogen and oxygen atoms in total. The fraction of sp³-hybridized carbons (Fsp3) is 0.816. The molecule has 49 heavy (non-hydrogen) atoms. The van der Waals surface area contributed by atoms with Crippen molar-refractivity contribution in [1.82, 2.24) is 0 Å². The van der Waals surface area contributed by atoms with Crippen LogP contribution in [0, 0.1) is 35.5 Å². The molecule has 0 aromatic heterocycles. The molecule has 14 atom stereocenters. The van der Waals surface area contributed by atoms with Crippen molar-refractivity contribution in [1.29, 1.82) is 0 Å². The zero-order chi connectivity index (χ0) is 35.9. The maximum atomic E-state index is 14.2. The molecule has 0 aliphatic carbocycles. The van der Waals surface area contributed by atoms with Crippen LogP contribution >= 0.6 is 0 Å². The maximum Gasteiger partial charge on any atom is 1.00 e. The summed E-state index contributed by atoms with van der Waals surface area (Å²) in [5, 5.41) is 34.9. The second kappa shape index (κ2) is 16.7. The van der Waals surface area contributed by atoms with Gasteiger partial charge in [-0.2, -0.15) is 0 Å². The first-order valence-corrected chi connectivity index (χ1v) is 18.2. The van der Waals surface area contributed by atoms with Gasteiger partial charge in [-0.25, -0.2) is 4.79 Å². The van der Waals surface area contributed by atoms with Gasteiger partial charge in [0.25, 0.3) is 0 Å². The van der Waals surface area contributed by atoms with Gasteiger partial charge in [-0.15, -0.1) is 0 Å². The molecule has 4 aliphatic heterocycles. The summed E-state index contributed by atoms with van der Waals surface area (Å²) in [6.45, 7) is 21.2. The normalized spacial score (nSPS) is 39.2. The molecular formula is C38H59NaO10. The minimum Gasteiger partial charge on any atom is -0.869 e. The monoisotopic (exact) mass is 698 g/mol. The maximum absolute atomic E-state index is 14.2. The predicted octanol–water partition coefficient (Wildman–Crippen LogP) is 1.58. The number of Topliss-reactive ketones (excluding diaryl/α,β-unsaturated/α-hetero) is 2. The Labute approximate surface area is 315 Å². The Balaban J connectivity index is 0.00000650. The number of hydrogen-bond donors (Lipinski definition) is 2. The number of ketones is 2. The Kier molecular flexibility index (Phi) is 14.4. The van der Waals surface area contributed by atoms with Crippen LogP contribution < -0.4 is 34.7 Å². The van der Waals surface area contributed by atoms with Crippen LogP contribution in [-0.4, -0.2) is 75.6 Å². The number of carbonyl (C=O) groups is 3. The Morgan fingerprint density at radius 2 is 1.67 bits per heavy atom. The van der Waals surface area contributed by atoms with Gasteiger partial charge in [0.05, 0.1) is 53.4 Å². The summed E-state index contributed by atoms with van der Waals surface area (Å²) in [7, 11) is 0. The number of esters is 1. The van der Waals surface area contributed by atoms with E-state index in [1.54, 1.807) is 6.92 Å². The van der Waals surface area contributed by atoms with E-state index in [2.05, 4.69) is 20.4 Å². The third-order valence-electron chi connectivity index (χ3n) is 12.4. The molecule has 0 aromatic rings. The van der Waals surface area contributed by atoms with Crippen LogP contribution in [0.3, 0.4) is 0 Å². The van der Waals surface area contributed by atoms with E-state index >= 15 is 0 Å². The molecule has 4 aliphatic rings. The smallest absolute Gasteiger partial charge is 0.869 e. The van der Waals surface area contributed by atoms with Gasteiger partial charge in [-0.3, -0.25) is 9.59 Å². The molecule has 0 saturated carbocycles. The average molecular weight is 699 g/mol. The zero-order valence-electron chi connectivity index (χ0n) is 31.5. The Morgan fingerprint density at radius 3 is 2.20 bits per heavy atom. The van der Waals surface area contributed by atoms with Crippen LogP contribution in [0.15, 0.2) is 23.7 Å². The summed E-state index contributed by atoms with van der Waals surface area (Å²) >= 11 is 0. The average Bonchev–Trinajstić information content (AvgIpc) is 3.52. The molecule has 0 amide bonds. The molecule has 272 valence electrons. The summed E-state index contributed by atoms with van der Waals surface area (Å²) in [5.74, 6) is -4.23. The van der Waals surface area contributed by atoms with Gasteiger partial charge in [0.15, 0.2) is 5.78 Å². The van der Waals surface area contributed by atoms with E-state index in [0.717, 1.165) is 12.8 Å². The largest absolute Gasteiger partial charge is 1.00 e. The number of hydrogen-bond acceptors (Lipinski definition) is 10. The van der Waals surface area contributed by atoms with E-state index in [4.69, 9.17) is 18.9 Å². The molecule has 11 heteroatoms. The summed E-state index contributed by atoms with van der Waals surface area (Å²) in [6, 6.07) is 0. The molecule has 4 rings (SSSR count). The molecule has 3 saturated heterocycles. The molecule has 0 aromatic carbocycles. The van der Waals surface area contributed by atoms with Gasteiger partial charge in [0.1, 0.15) is 11.5 Å². The minimum atomic E-state index is -1.00. The SMILES string of the molecule is C=C1OC(=O)C(C(=O)C[C@H]2O[C@H]([C@H](C)[C@@H](O)[C@@H](C)C(=O)[C@H](CC)[C@H]3O[C@](CC)([C@H]4CC[C@](O)(CC)[C@H](C)O4)C[C@@H]3C)[C@H](C)C[C@H]2C)=C1[O-].[Na+]. The Hall–Kier alpha value is -1.11. The van der Waals surface area contributed by atoms with Crippen LogP contribution in [0.5, 0.6) is 0 Å². The van der Waals surface area contributed by atoms with Gasteiger partial charge in [0, 0.05) is 24.2 Å². The van der Waals surface area contributed by atoms with Crippen LogP contribution in [0.25, 0.3) is 0 Å². The van der Waals surface area contributed by atoms with Gasteiger partial charge in [-0.05, 0) is 75.4 Å². The molecule has 4 heterocycles. The first-order valence-electron chi connectivity index (χ1n) is 18.2. The minimum absolute atomic E-state index is 0. The third kappa shape index (κ3) is 8.27. The zero-order valence-corrected chi connectivity index (χ0v) is 33.5. The summed E-state index contributed by atoms with van der Waals surface area (Å²) in [5.41, 5.74) is -1.91. The molecule has 0 bridgehead atoms. The van der Waals surface area contributed by atoms with Crippen molar-refractivity contribution in [2.45, 2.75) is 162 Å². The summed E-state index contributed by atoms with van der Waals surface area (Å²) < 4.78 is 24.5. The van der Waals surface area contributed by atoms with Gasteiger partial charge in [0.2, 0.25) is 0 Å². The summed E-state index contributed by atoms with van der Waals surface area (Å²) in [4.78, 5) is 39.3. The van der Waals surface area contributed by atoms with E-state index in [-0.39, 0.29) is 83.6 Å². The number of cyclic esters (lactones) is 1. The van der Waals surface area contributed by atoms with Gasteiger partial charge in [-0.1, -0.05) is 62.0 Å². The van der Waals surface area contributed by atoms with Crippen LogP contribution in [0.2, 0.25) is 0 Å². The van der Waals surface area contributed by atoms with Crippen molar-refractivity contribution in [2.24, 2.45) is 35.5 Å². The van der Waals surface area contributed by atoms with Crippen molar-refractivity contribution >= 4 is 17.5 Å². The van der Waals surface area contributed by atoms with Crippen molar-refractivity contribution in [3.05, 3.63) is 23.7 Å². The number of carbonyl (C=O) groups excluding carboxylic acids is 3. The third-order valence-corrected chi connectivity index (χ3v) is 12.4. The Morgan fingerprint density at radius 1 is 1.02 bits per heavy atom. The van der Waals surface area contributed by atoms with Crippen LogP contribution in [-0.2, 0) is 33.3 Å².